The van der Waals surface area contributed by atoms with E-state index < -0.39 is 125 Å². The summed E-state index contributed by atoms with van der Waals surface area (Å²) in [5.74, 6) is 3.66. The molecule has 0 aliphatic carbocycles. The van der Waals surface area contributed by atoms with E-state index >= 15 is 0 Å². The average Bonchev–Trinajstić information content (AvgIpc) is 1.49. The lowest BCUT2D eigenvalue weighted by molar-refractivity contribution is 0.0776. The number of nitrogens with zero attached hydrogens (tertiary/aromatic N) is 2. The maximum absolute atomic E-state index is 6.38. The number of fused-ring (bicyclic) bond motifs is 2. The second-order valence-corrected chi connectivity index (χ2v) is 113. The first kappa shape index (κ1) is 134. The topological polar surface area (TPSA) is 163 Å². The lowest BCUT2D eigenvalue weighted by atomic mass is 9.92. The van der Waals surface area contributed by atoms with Crippen LogP contribution in [0, 0.1) is 11.3 Å². The van der Waals surface area contributed by atoms with Gasteiger partial charge in [-0.05, 0) is 345 Å². The normalized spacial score (nSPS) is 25.8. The van der Waals surface area contributed by atoms with Gasteiger partial charge in [0.05, 0.1) is 37.6 Å². The van der Waals surface area contributed by atoms with Crippen LogP contribution in [0.3, 0.4) is 0 Å². The van der Waals surface area contributed by atoms with Crippen LogP contribution in [-0.2, 0) is 62.3 Å². The first-order valence-electron chi connectivity index (χ1n) is 57.6. The van der Waals surface area contributed by atoms with Crippen molar-refractivity contribution in [1.82, 2.24) is 4.90 Å². The highest BCUT2D eigenvalue weighted by atomic mass is 28.4. The zero-order valence-electron chi connectivity index (χ0n) is 100. The molecule has 0 spiro atoms. The van der Waals surface area contributed by atoms with Crippen LogP contribution in [0.25, 0.3) is 0 Å². The highest BCUT2D eigenvalue weighted by molar-refractivity contribution is 6.97. The molecule has 12 saturated heterocycles. The fraction of sp³-hybridized carbons (Fsp3) is 0.735. The Balaban J connectivity index is 0.000000243. The highest BCUT2D eigenvalue weighted by Crippen LogP contribution is 2.39. The van der Waals surface area contributed by atoms with E-state index in [4.69, 9.17) is 75.9 Å². The Kier molecular flexibility index (Phi) is 58.4. The van der Waals surface area contributed by atoms with E-state index in [2.05, 4.69) is 339 Å². The summed E-state index contributed by atoms with van der Waals surface area (Å²) in [4.78, 5) is 4.65. The predicted molar refractivity (Wildman–Crippen MR) is 665 cm³/mol. The zero-order valence-corrected chi connectivity index (χ0v) is 115. The molecule has 0 saturated carbocycles. The molecule has 0 aromatic heterocycles. The van der Waals surface area contributed by atoms with Crippen molar-refractivity contribution in [2.75, 3.05) is 142 Å². The minimum absolute atomic E-state index is 0.447. The summed E-state index contributed by atoms with van der Waals surface area (Å²) in [5, 5.41) is 4.28. The number of para-hydroxylation sites is 4. The van der Waals surface area contributed by atoms with Gasteiger partial charge in [0, 0.05) is 92.0 Å². The van der Waals surface area contributed by atoms with E-state index in [0.717, 1.165) is 146 Å². The van der Waals surface area contributed by atoms with Crippen molar-refractivity contribution in [2.24, 2.45) is 11.3 Å². The molecule has 19 rings (SSSR count). The Morgan fingerprint density at radius 2 is 0.769 bits per heavy atom. The third-order valence-electron chi connectivity index (χ3n) is 30.1. The van der Waals surface area contributed by atoms with Gasteiger partial charge in [0.25, 0.3) is 25.0 Å². The van der Waals surface area contributed by atoms with Gasteiger partial charge in [0.1, 0.15) is 17.7 Å². The van der Waals surface area contributed by atoms with Crippen LogP contribution in [0.15, 0.2) is 140 Å². The lowest BCUT2D eigenvalue weighted by Crippen LogP contribution is -2.62. The van der Waals surface area contributed by atoms with Gasteiger partial charge in [-0.1, -0.05) is 216 Å². The van der Waals surface area contributed by atoms with Gasteiger partial charge in [-0.3, -0.25) is 0 Å². The molecule has 14 aliphatic rings. The lowest BCUT2D eigenvalue weighted by Gasteiger charge is -2.38. The van der Waals surface area contributed by atoms with E-state index in [0.29, 0.717) is 5.41 Å². The molecule has 0 bridgehead atoms. The Morgan fingerprint density at radius 3 is 1.12 bits per heavy atom. The molecule has 5 aromatic carbocycles. The number of rotatable bonds is 9. The first-order chi connectivity index (χ1) is 68.9. The van der Waals surface area contributed by atoms with Crippen LogP contribution in [0.2, 0.25) is 229 Å². The smallest absolute Gasteiger partial charge is 0.282 e. The van der Waals surface area contributed by atoms with Gasteiger partial charge in [-0.25, -0.2) is 0 Å². The fourth-order valence-corrected chi connectivity index (χ4v) is 58.8. The minimum atomic E-state index is -1.93. The van der Waals surface area contributed by atoms with Crippen LogP contribution in [0.4, 0.5) is 5.69 Å². The van der Waals surface area contributed by atoms with Gasteiger partial charge in [0.2, 0.25) is 33.3 Å². The van der Waals surface area contributed by atoms with E-state index in [1.165, 1.54) is 203 Å². The van der Waals surface area contributed by atoms with Crippen molar-refractivity contribution in [1.29, 1.82) is 0 Å². The summed E-state index contributed by atoms with van der Waals surface area (Å²) < 4.78 is 97.8. The number of likely N-dealkylation sites (N-methyl/N-ethyl adjacent to an activating group) is 1. The summed E-state index contributed by atoms with van der Waals surface area (Å²) in [7, 11) is -15.4. The summed E-state index contributed by atoms with van der Waals surface area (Å²) in [6.07, 6.45) is 26.9. The number of ether oxygens (including phenoxy) is 2. The molecule has 12 fully saturated rings. The molecule has 147 heavy (non-hydrogen) atoms. The first-order valence-corrected chi connectivity index (χ1v) is 101. The van der Waals surface area contributed by atoms with Crippen LogP contribution < -0.4 is 34.0 Å². The third-order valence-corrected chi connectivity index (χ3v) is 73.2. The van der Waals surface area contributed by atoms with Gasteiger partial charge in [-0.2, -0.15) is 0 Å². The fourth-order valence-electron chi connectivity index (χ4n) is 20.4. The van der Waals surface area contributed by atoms with E-state index in [1.807, 2.05) is 30.3 Å². The van der Waals surface area contributed by atoms with Gasteiger partial charge >= 0.3 is 0 Å². The average molecular weight is 2300 g/mol. The van der Waals surface area contributed by atoms with Crippen LogP contribution in [-0.4, -0.2) is 267 Å². The molecule has 14 aliphatic heterocycles. The van der Waals surface area contributed by atoms with Crippen molar-refractivity contribution in [3.63, 3.8) is 0 Å². The molecule has 5 aromatic rings. The van der Waals surface area contributed by atoms with E-state index in [9.17, 15) is 0 Å². The van der Waals surface area contributed by atoms with Crippen LogP contribution >= 0.6 is 0 Å². The largest absolute Gasteiger partial charge is 0.541 e. The molecule has 19 nitrogen and oxygen atoms in total. The molecule has 0 amide bonds. The van der Waals surface area contributed by atoms with Crippen molar-refractivity contribution in [3.8, 4) is 17.2 Å². The van der Waals surface area contributed by atoms with E-state index in [-0.39, 0.29) is 0 Å². The second kappa shape index (κ2) is 64.3. The molecule has 0 radical (unpaired) electrons. The molecule has 3 atom stereocenters. The van der Waals surface area contributed by atoms with Crippen molar-refractivity contribution in [2.45, 2.75) is 387 Å². The zero-order chi connectivity index (χ0) is 109. The molecule has 3 unspecified atom stereocenters. The maximum Gasteiger partial charge on any atom is 0.282 e. The summed E-state index contributed by atoms with van der Waals surface area (Å²) in [5.41, 5.74) is 2.53. The van der Waals surface area contributed by atoms with Crippen LogP contribution in [0.1, 0.15) is 158 Å². The number of anilines is 1. The Bertz CT molecular complexity index is 4150. The highest BCUT2D eigenvalue weighted by Gasteiger charge is 2.44. The van der Waals surface area contributed by atoms with Crippen molar-refractivity contribution < 1.29 is 75.9 Å². The summed E-state index contributed by atoms with van der Waals surface area (Å²) in [6, 6.07) is 64.7. The van der Waals surface area contributed by atoms with E-state index in [1.54, 1.807) is 0 Å². The Hall–Kier alpha value is -2.05. The Labute approximate surface area is 916 Å². The molecular formula is C113H218N2O17Si15. The summed E-state index contributed by atoms with van der Waals surface area (Å²) >= 11 is 0. The van der Waals surface area contributed by atoms with Crippen molar-refractivity contribution >= 4 is 146 Å². The molecule has 14 heterocycles. The van der Waals surface area contributed by atoms with Crippen LogP contribution in [0.5, 0.6) is 17.2 Å². The minimum Gasteiger partial charge on any atom is -0.541 e. The number of benzene rings is 5. The number of hydrogen-bond acceptors (Lipinski definition) is 19. The van der Waals surface area contributed by atoms with Gasteiger partial charge < -0.3 is 85.7 Å². The summed E-state index contributed by atoms with van der Waals surface area (Å²) in [6.45, 7) is 82.9. The maximum atomic E-state index is 6.38. The molecule has 842 valence electrons. The molecule has 34 heteroatoms. The SMILES string of the molecule is CC1(C)CC[Si](C)(C)OC1.CC1CCCO[Si]1(C)C.CC1CO[Si](C)(C)C1.CCC[Si]1(CCC)CCCCO1.CC[Si]1(CC)CCCCO1.CN1CCO[Si](C)(C)C1.CN1C[Si](C)(C)Oc2ccccc21.C[Si]1(C)CCCCO1.C[Si]1(C)CCCO1.C[Si]1(C)COCCO1.C[Si]1(C)CO[Si](C)(C)CO1.C[Si]1(C)COc2ccccc2O1.C[Si]1(c2ccccc2)CCCCO1.c1ccc([Si]2(c3ccccc3)CCCCO2)cc1. The third kappa shape index (κ3) is 52.5. The molecule has 0 N–H and O–H groups in total. The standard InChI is InChI=1S/C16H18OSi.C11H16OSi.C10H15NOSi.C10H22OSi.C9H12O2Si.2C8H18OSi.C7H16OSi.C6H15NOSi.C6H16O2Si2.2C6H14OSi.C5H12O2Si.C5H12OSi/c1-3-9-15(10-4-1)18(14-8-7-13-17-18)16-11-5-2-6-12-16;1-13(10-6-5-9-12-13)11-7-3-2-4-8-11;1-11-8-13(2,3)12-10-7-5-4-6-9(10)11;1-3-8-12(9-4-2)10-6-5-7-11-12;1-12(2)7-10-8-5-3-4-6-9(8)11-12;1-8(2)5-6-10(3,4)9-7-8;1-3-10(4-2)8-6-5-7-9-10;1-7-5-4-6-8-9(7,2)3;1-7-4-5-8-9(2,3)6-7;1-9(2)5-8-10(3,4)6-7-9;1-6-4-7-8(2,3)5-6;1-8(2)6-4-3-5-7-8;1-8(2)5-6-3-4-7-8;1-7(2)5-3-4-6-7/h1-6,9-12H,7-8,13-14H2;2-4,7-8H,5-6,9-10H2,1H3;4-7H,8H2,1-3H3;3-10H2,1-2H3;3-6H,7H2,1-2H3;5-7H2,1-4H3;3-8H2,1-2H3;7H,4-6H2,1-3H3;4-6H2,1-3H3;5-6H2,1-4H3;6H,4-5H2,1-3H3;3-6H2,1-2H3;3-5H2,1-2H3;3-5H2,1-2H3. The molecular weight excluding hydrogens is 2080 g/mol. The van der Waals surface area contributed by atoms with Crippen molar-refractivity contribution in [3.05, 3.63) is 140 Å². The Morgan fingerprint density at radius 1 is 0.327 bits per heavy atom. The van der Waals surface area contributed by atoms with Gasteiger partial charge in [0.15, 0.2) is 72.3 Å². The second-order valence-electron chi connectivity index (χ2n) is 51.2. The predicted octanol–water partition coefficient (Wildman–Crippen LogP) is 29.1. The monoisotopic (exact) mass is 2300 g/mol. The quantitative estimate of drug-likeness (QED) is 0.128. The van der Waals surface area contributed by atoms with Gasteiger partial charge in [-0.15, -0.1) is 0 Å². The number of hydrogen-bond donors (Lipinski definition) is 0.